The smallest absolute Gasteiger partial charge is 0.341 e. The van der Waals surface area contributed by atoms with Gasteiger partial charge in [-0.2, -0.15) is 4.31 Å². The molecule has 0 radical (unpaired) electrons. The number of anilines is 1. The lowest BCUT2D eigenvalue weighted by Crippen LogP contribution is -2.49. The first-order valence-corrected chi connectivity index (χ1v) is 11.5. The maximum absolute atomic E-state index is 13.2. The third kappa shape index (κ3) is 3.90. The van der Waals surface area contributed by atoms with E-state index in [1.165, 1.54) is 23.5 Å². The van der Waals surface area contributed by atoms with Crippen molar-refractivity contribution in [1.82, 2.24) is 4.31 Å². The first-order valence-electron chi connectivity index (χ1n) is 10.0. The number of aryl methyl sites for hydroxylation is 1. The number of methoxy groups -OCH3 is 1. The normalized spacial score (nSPS) is 17.7. The van der Waals surface area contributed by atoms with E-state index in [0.717, 1.165) is 11.3 Å². The lowest BCUT2D eigenvalue weighted by molar-refractivity contribution is 0.0462. The Morgan fingerprint density at radius 1 is 1.13 bits per heavy atom. The summed E-state index contributed by atoms with van der Waals surface area (Å²) in [5.74, 6) is -1.02. The molecule has 0 aliphatic carbocycles. The molecule has 2 heterocycles. The van der Waals surface area contributed by atoms with Gasteiger partial charge in [0, 0.05) is 19.1 Å². The minimum Gasteiger partial charge on any atom is -0.465 e. The van der Waals surface area contributed by atoms with Crippen LogP contribution in [0.5, 0.6) is 0 Å². The van der Waals surface area contributed by atoms with Crippen LogP contribution >= 0.6 is 0 Å². The number of cyclic esters (lactones) is 1. The van der Waals surface area contributed by atoms with E-state index in [1.807, 2.05) is 30.0 Å². The molecule has 164 valence electrons. The van der Waals surface area contributed by atoms with Crippen LogP contribution in [0.15, 0.2) is 47.4 Å². The quantitative estimate of drug-likeness (QED) is 0.669. The maximum atomic E-state index is 13.2. The van der Waals surface area contributed by atoms with Crippen LogP contribution < -0.4 is 4.90 Å². The molecule has 1 saturated heterocycles. The van der Waals surface area contributed by atoms with Crippen LogP contribution in [0.3, 0.4) is 0 Å². The molecule has 9 heteroatoms. The molecular formula is C22H24N2O6S. The summed E-state index contributed by atoms with van der Waals surface area (Å²) in [5.41, 5.74) is 2.36. The number of benzene rings is 2. The van der Waals surface area contributed by atoms with Crippen LogP contribution in [0.25, 0.3) is 0 Å². The molecule has 0 unspecified atom stereocenters. The molecule has 31 heavy (non-hydrogen) atoms. The first kappa shape index (κ1) is 21.3. The number of carbonyl (C=O) groups is 2. The lowest BCUT2D eigenvalue weighted by Gasteiger charge is -2.41. The van der Waals surface area contributed by atoms with E-state index in [-0.39, 0.29) is 29.2 Å². The standard InChI is InChI=1S/C22H24N2O6S/c1-15-7-8-19-18(13-15)22(26)30-14-24(19)16-9-11-23(12-10-16)31(27,28)20-6-4-3-5-17(20)21(25)29-2/h3-8,13,16H,9-12,14H2,1-2H3. The number of sulfonamides is 1. The van der Waals surface area contributed by atoms with Gasteiger partial charge >= 0.3 is 11.9 Å². The molecular weight excluding hydrogens is 420 g/mol. The van der Waals surface area contributed by atoms with Gasteiger partial charge in [-0.25, -0.2) is 18.0 Å². The van der Waals surface area contributed by atoms with Gasteiger partial charge in [-0.1, -0.05) is 23.8 Å². The summed E-state index contributed by atoms with van der Waals surface area (Å²) >= 11 is 0. The SMILES string of the molecule is COC(=O)c1ccccc1S(=O)(=O)N1CCC(N2COC(=O)c3cc(C)ccc32)CC1. The van der Waals surface area contributed by atoms with Gasteiger partial charge in [0.1, 0.15) is 0 Å². The van der Waals surface area contributed by atoms with Gasteiger partial charge in [-0.15, -0.1) is 0 Å². The molecule has 2 aliphatic heterocycles. The number of fused-ring (bicyclic) bond motifs is 1. The van der Waals surface area contributed by atoms with Crippen molar-refractivity contribution in [3.8, 4) is 0 Å². The maximum Gasteiger partial charge on any atom is 0.341 e. The highest BCUT2D eigenvalue weighted by atomic mass is 32.2. The molecule has 2 aromatic carbocycles. The second-order valence-corrected chi connectivity index (χ2v) is 9.58. The summed E-state index contributed by atoms with van der Waals surface area (Å²) in [6.45, 7) is 2.67. The van der Waals surface area contributed by atoms with Crippen molar-refractivity contribution in [3.05, 3.63) is 59.2 Å². The number of piperidine rings is 1. The molecule has 8 nitrogen and oxygen atoms in total. The van der Waals surface area contributed by atoms with Gasteiger partial charge in [0.25, 0.3) is 0 Å². The molecule has 0 bridgehead atoms. The predicted octanol–water partition coefficient (Wildman–Crippen LogP) is 2.57. The van der Waals surface area contributed by atoms with Gasteiger partial charge in [0.15, 0.2) is 6.73 Å². The Hall–Kier alpha value is -2.91. The molecule has 1 fully saturated rings. The van der Waals surface area contributed by atoms with E-state index in [9.17, 15) is 18.0 Å². The fourth-order valence-corrected chi connectivity index (χ4v) is 5.79. The average molecular weight is 445 g/mol. The van der Waals surface area contributed by atoms with E-state index in [4.69, 9.17) is 9.47 Å². The second-order valence-electron chi connectivity index (χ2n) is 7.67. The van der Waals surface area contributed by atoms with Crippen LogP contribution in [0.4, 0.5) is 5.69 Å². The third-order valence-corrected chi connectivity index (χ3v) is 7.75. The fraction of sp³-hybridized carbons (Fsp3) is 0.364. The van der Waals surface area contributed by atoms with Crippen LogP contribution in [0, 0.1) is 6.92 Å². The van der Waals surface area contributed by atoms with Crippen molar-refractivity contribution in [2.45, 2.75) is 30.7 Å². The molecule has 0 saturated carbocycles. The summed E-state index contributed by atoms with van der Waals surface area (Å²) in [6.07, 6.45) is 1.15. The summed E-state index contributed by atoms with van der Waals surface area (Å²) in [6, 6.07) is 11.8. The molecule has 0 spiro atoms. The van der Waals surface area contributed by atoms with Crippen molar-refractivity contribution < 1.29 is 27.5 Å². The van der Waals surface area contributed by atoms with Gasteiger partial charge < -0.3 is 14.4 Å². The average Bonchev–Trinajstić information content (AvgIpc) is 2.79. The van der Waals surface area contributed by atoms with Crippen LogP contribution in [-0.2, 0) is 19.5 Å². The third-order valence-electron chi connectivity index (χ3n) is 5.79. The van der Waals surface area contributed by atoms with Crippen molar-refractivity contribution in [2.24, 2.45) is 0 Å². The van der Waals surface area contributed by atoms with Crippen molar-refractivity contribution >= 4 is 27.6 Å². The number of nitrogens with zero attached hydrogens (tertiary/aromatic N) is 2. The fourth-order valence-electron chi connectivity index (χ4n) is 4.14. The van der Waals surface area contributed by atoms with Gasteiger partial charge in [0.2, 0.25) is 10.0 Å². The van der Waals surface area contributed by atoms with Gasteiger partial charge in [-0.05, 0) is 44.0 Å². The number of ether oxygens (including phenoxy) is 2. The Balaban J connectivity index is 1.53. The van der Waals surface area contributed by atoms with Crippen molar-refractivity contribution in [3.63, 3.8) is 0 Å². The number of esters is 2. The summed E-state index contributed by atoms with van der Waals surface area (Å²) in [4.78, 5) is 26.2. The molecule has 0 atom stereocenters. The monoisotopic (exact) mass is 444 g/mol. The van der Waals surface area contributed by atoms with Crippen LogP contribution in [0.2, 0.25) is 0 Å². The largest absolute Gasteiger partial charge is 0.465 e. The van der Waals surface area contributed by atoms with Crippen LogP contribution in [0.1, 0.15) is 39.1 Å². The number of hydrogen-bond acceptors (Lipinski definition) is 7. The Morgan fingerprint density at radius 2 is 1.84 bits per heavy atom. The Labute approximate surface area is 181 Å². The highest BCUT2D eigenvalue weighted by Crippen LogP contribution is 2.33. The molecule has 0 amide bonds. The van der Waals surface area contributed by atoms with Gasteiger partial charge in [0.05, 0.1) is 28.8 Å². The summed E-state index contributed by atoms with van der Waals surface area (Å²) < 4.78 is 37.9. The summed E-state index contributed by atoms with van der Waals surface area (Å²) in [5, 5.41) is 0. The minimum atomic E-state index is -3.85. The molecule has 2 aliphatic rings. The van der Waals surface area contributed by atoms with Crippen molar-refractivity contribution in [1.29, 1.82) is 0 Å². The molecule has 0 N–H and O–H groups in total. The zero-order chi connectivity index (χ0) is 22.2. The van der Waals surface area contributed by atoms with E-state index in [0.29, 0.717) is 31.5 Å². The predicted molar refractivity (Wildman–Crippen MR) is 114 cm³/mol. The topological polar surface area (TPSA) is 93.2 Å². The van der Waals surface area contributed by atoms with E-state index < -0.39 is 16.0 Å². The number of rotatable bonds is 4. The van der Waals surface area contributed by atoms with E-state index in [2.05, 4.69) is 0 Å². The van der Waals surface area contributed by atoms with Crippen molar-refractivity contribution in [2.75, 3.05) is 31.8 Å². The van der Waals surface area contributed by atoms with Gasteiger partial charge in [-0.3, -0.25) is 0 Å². The Kier molecular flexibility index (Phi) is 5.72. The molecule has 0 aromatic heterocycles. The highest BCUT2D eigenvalue weighted by Gasteiger charge is 2.36. The lowest BCUT2D eigenvalue weighted by atomic mass is 10.0. The van der Waals surface area contributed by atoms with E-state index in [1.54, 1.807) is 12.1 Å². The first-order chi connectivity index (χ1) is 14.8. The molecule has 4 rings (SSSR count). The zero-order valence-corrected chi connectivity index (χ0v) is 18.2. The highest BCUT2D eigenvalue weighted by molar-refractivity contribution is 7.89. The summed E-state index contributed by atoms with van der Waals surface area (Å²) in [7, 11) is -2.62. The molecule has 2 aromatic rings. The van der Waals surface area contributed by atoms with E-state index >= 15 is 0 Å². The Morgan fingerprint density at radius 3 is 2.55 bits per heavy atom. The van der Waals surface area contributed by atoms with Crippen LogP contribution in [-0.4, -0.2) is 57.6 Å². The number of carbonyl (C=O) groups excluding carboxylic acids is 2. The minimum absolute atomic E-state index is 0.0272. The Bertz CT molecular complexity index is 1120. The zero-order valence-electron chi connectivity index (χ0n) is 17.4. The second kappa shape index (κ2) is 8.32. The number of hydrogen-bond donors (Lipinski definition) is 0.